The van der Waals surface area contributed by atoms with Gasteiger partial charge >= 0.3 is 5.97 Å². The summed E-state index contributed by atoms with van der Waals surface area (Å²) in [5, 5.41) is 9.25. The predicted molar refractivity (Wildman–Crippen MR) is 97.5 cm³/mol. The van der Waals surface area contributed by atoms with Gasteiger partial charge in [0.1, 0.15) is 5.54 Å². The molecule has 1 saturated heterocycles. The van der Waals surface area contributed by atoms with E-state index in [9.17, 15) is 23.1 Å². The first-order valence-electron chi connectivity index (χ1n) is 8.63. The Morgan fingerprint density at radius 2 is 1.77 bits per heavy atom. The molecule has 1 aliphatic heterocycles. The van der Waals surface area contributed by atoms with E-state index in [-0.39, 0.29) is 16.5 Å². The van der Waals surface area contributed by atoms with Gasteiger partial charge in [0.15, 0.2) is 0 Å². The molecule has 0 bridgehead atoms. The van der Waals surface area contributed by atoms with Crippen LogP contribution in [0, 0.1) is 0 Å². The monoisotopic (exact) mass is 382 g/mol. The molecule has 0 saturated carbocycles. The summed E-state index contributed by atoms with van der Waals surface area (Å²) in [4.78, 5) is 25.1. The number of nitrogens with zero attached hydrogens (tertiary/aromatic N) is 2. The Balaban J connectivity index is 2.25. The van der Waals surface area contributed by atoms with Gasteiger partial charge in [-0.3, -0.25) is 4.79 Å². The molecule has 1 aliphatic rings. The van der Waals surface area contributed by atoms with Crippen LogP contribution < -0.4 is 0 Å². The maximum absolute atomic E-state index is 12.8. The Hall–Kier alpha value is -1.93. The molecule has 1 heterocycles. The Morgan fingerprint density at radius 1 is 1.19 bits per heavy atom. The molecular formula is C18H26N2O5S. The minimum absolute atomic E-state index is 0.0439. The van der Waals surface area contributed by atoms with Crippen molar-refractivity contribution in [3.05, 3.63) is 29.8 Å². The van der Waals surface area contributed by atoms with Gasteiger partial charge in [0.05, 0.1) is 4.90 Å². The molecule has 7 nitrogen and oxygen atoms in total. The highest BCUT2D eigenvalue weighted by atomic mass is 32.2. The SMILES string of the molecule is CC1CCCCN1S(=O)(=O)c1ccc(C(=O)N(C)C(C)(C)C(=O)O)cc1. The number of sulfonamides is 1. The predicted octanol–water partition coefficient (Wildman–Crippen LogP) is 2.18. The van der Waals surface area contributed by atoms with Crippen LogP contribution in [0.2, 0.25) is 0 Å². The van der Waals surface area contributed by atoms with Crippen LogP contribution in [0.5, 0.6) is 0 Å². The lowest BCUT2D eigenvalue weighted by Gasteiger charge is -2.32. The van der Waals surface area contributed by atoms with Gasteiger partial charge in [0, 0.05) is 25.2 Å². The number of carbonyl (C=O) groups is 2. The molecule has 1 unspecified atom stereocenters. The van der Waals surface area contributed by atoms with Gasteiger partial charge in [0.2, 0.25) is 10.0 Å². The van der Waals surface area contributed by atoms with Crippen molar-refractivity contribution in [1.82, 2.24) is 9.21 Å². The minimum atomic E-state index is -3.60. The maximum Gasteiger partial charge on any atom is 0.329 e. The van der Waals surface area contributed by atoms with E-state index in [1.165, 1.54) is 49.5 Å². The highest BCUT2D eigenvalue weighted by Crippen LogP contribution is 2.25. The zero-order valence-corrected chi connectivity index (χ0v) is 16.4. The summed E-state index contributed by atoms with van der Waals surface area (Å²) in [5.74, 6) is -1.60. The molecule has 26 heavy (non-hydrogen) atoms. The van der Waals surface area contributed by atoms with Crippen LogP contribution in [0.3, 0.4) is 0 Å². The van der Waals surface area contributed by atoms with Crippen LogP contribution >= 0.6 is 0 Å². The first-order valence-corrected chi connectivity index (χ1v) is 10.1. The van der Waals surface area contributed by atoms with Crippen molar-refractivity contribution in [2.24, 2.45) is 0 Å². The van der Waals surface area contributed by atoms with E-state index in [4.69, 9.17) is 0 Å². The second kappa shape index (κ2) is 7.36. The quantitative estimate of drug-likeness (QED) is 0.842. The Bertz CT molecular complexity index is 786. The summed E-state index contributed by atoms with van der Waals surface area (Å²) in [5.41, 5.74) is -1.13. The molecule has 0 spiro atoms. The Morgan fingerprint density at radius 3 is 2.27 bits per heavy atom. The molecule has 0 aromatic heterocycles. The van der Waals surface area contributed by atoms with Gasteiger partial charge in [-0.15, -0.1) is 0 Å². The summed E-state index contributed by atoms with van der Waals surface area (Å²) in [6.45, 7) is 5.27. The van der Waals surface area contributed by atoms with E-state index >= 15 is 0 Å². The van der Waals surface area contributed by atoms with E-state index in [1.807, 2.05) is 6.92 Å². The van der Waals surface area contributed by atoms with Gasteiger partial charge in [-0.2, -0.15) is 4.31 Å². The number of aliphatic carboxylic acids is 1. The van der Waals surface area contributed by atoms with Crippen molar-refractivity contribution in [2.45, 2.75) is 56.5 Å². The fraction of sp³-hybridized carbons (Fsp3) is 0.556. The first kappa shape index (κ1) is 20.4. The molecule has 8 heteroatoms. The third kappa shape index (κ3) is 3.76. The molecular weight excluding hydrogens is 356 g/mol. The molecule has 144 valence electrons. The number of benzene rings is 1. The fourth-order valence-electron chi connectivity index (χ4n) is 2.92. The zero-order valence-electron chi connectivity index (χ0n) is 15.6. The highest BCUT2D eigenvalue weighted by molar-refractivity contribution is 7.89. The molecule has 1 aromatic carbocycles. The summed E-state index contributed by atoms with van der Waals surface area (Å²) < 4.78 is 27.1. The maximum atomic E-state index is 12.8. The third-order valence-corrected chi connectivity index (χ3v) is 7.14. The second-order valence-corrected chi connectivity index (χ2v) is 9.10. The summed E-state index contributed by atoms with van der Waals surface area (Å²) >= 11 is 0. The number of carboxylic acid groups (broad SMARTS) is 1. The molecule has 1 fully saturated rings. The molecule has 1 amide bonds. The van der Waals surface area contributed by atoms with Crippen LogP contribution in [-0.4, -0.2) is 59.8 Å². The molecule has 1 aromatic rings. The van der Waals surface area contributed by atoms with Gasteiger partial charge in [-0.05, 0) is 57.9 Å². The van der Waals surface area contributed by atoms with E-state index < -0.39 is 27.4 Å². The van der Waals surface area contributed by atoms with Crippen LogP contribution in [0.1, 0.15) is 50.4 Å². The molecule has 2 rings (SSSR count). The Kier molecular flexibility index (Phi) is 5.77. The lowest BCUT2D eigenvalue weighted by molar-refractivity contribution is -0.147. The smallest absolute Gasteiger partial charge is 0.329 e. The van der Waals surface area contributed by atoms with Crippen LogP contribution in [-0.2, 0) is 14.8 Å². The van der Waals surface area contributed by atoms with Crippen molar-refractivity contribution in [1.29, 1.82) is 0 Å². The number of likely N-dealkylation sites (N-methyl/N-ethyl adjacent to an activating group) is 1. The van der Waals surface area contributed by atoms with E-state index in [2.05, 4.69) is 0 Å². The number of hydrogen-bond acceptors (Lipinski definition) is 4. The van der Waals surface area contributed by atoms with Gasteiger partial charge in [-0.25, -0.2) is 13.2 Å². The number of piperidine rings is 1. The largest absolute Gasteiger partial charge is 0.480 e. The standard InChI is InChI=1S/C18H26N2O5S/c1-13-7-5-6-12-20(13)26(24,25)15-10-8-14(9-11-15)16(21)19(4)18(2,3)17(22)23/h8-11,13H,5-7,12H2,1-4H3,(H,22,23). The number of hydrogen-bond donors (Lipinski definition) is 1. The van der Waals surface area contributed by atoms with Crippen molar-refractivity contribution in [3.8, 4) is 0 Å². The third-order valence-electron chi connectivity index (χ3n) is 5.12. The summed E-state index contributed by atoms with van der Waals surface area (Å²) in [6.07, 6.45) is 2.70. The number of carboxylic acids is 1. The van der Waals surface area contributed by atoms with Crippen molar-refractivity contribution >= 4 is 21.9 Å². The fourth-order valence-corrected chi connectivity index (χ4v) is 4.62. The summed E-state index contributed by atoms with van der Waals surface area (Å²) in [6, 6.07) is 5.63. The second-order valence-electron chi connectivity index (χ2n) is 7.21. The van der Waals surface area contributed by atoms with Gasteiger partial charge < -0.3 is 10.0 Å². The number of rotatable bonds is 5. The van der Waals surface area contributed by atoms with Gasteiger partial charge in [0.25, 0.3) is 5.91 Å². The molecule has 1 atom stereocenters. The zero-order chi connectivity index (χ0) is 19.7. The normalized spacial score (nSPS) is 19.2. The highest BCUT2D eigenvalue weighted by Gasteiger charge is 2.36. The van der Waals surface area contributed by atoms with Crippen LogP contribution in [0.25, 0.3) is 0 Å². The van der Waals surface area contributed by atoms with Crippen molar-refractivity contribution in [3.63, 3.8) is 0 Å². The molecule has 1 N–H and O–H groups in total. The van der Waals surface area contributed by atoms with E-state index in [0.717, 1.165) is 24.2 Å². The van der Waals surface area contributed by atoms with Crippen LogP contribution in [0.4, 0.5) is 0 Å². The van der Waals surface area contributed by atoms with Crippen LogP contribution in [0.15, 0.2) is 29.2 Å². The van der Waals surface area contributed by atoms with Gasteiger partial charge in [-0.1, -0.05) is 6.42 Å². The van der Waals surface area contributed by atoms with E-state index in [0.29, 0.717) is 6.54 Å². The summed E-state index contributed by atoms with van der Waals surface area (Å²) in [7, 11) is -2.19. The Labute approximate surface area is 154 Å². The minimum Gasteiger partial charge on any atom is -0.480 e. The lowest BCUT2D eigenvalue weighted by atomic mass is 10.0. The molecule has 0 aliphatic carbocycles. The average molecular weight is 382 g/mol. The van der Waals surface area contributed by atoms with E-state index in [1.54, 1.807) is 0 Å². The average Bonchev–Trinajstić information content (AvgIpc) is 2.60. The lowest BCUT2D eigenvalue weighted by Crippen LogP contribution is -2.50. The first-order chi connectivity index (χ1) is 12.0. The molecule has 0 radical (unpaired) electrons. The van der Waals surface area contributed by atoms with Crippen molar-refractivity contribution < 1.29 is 23.1 Å². The number of amides is 1. The topological polar surface area (TPSA) is 95.0 Å². The van der Waals surface area contributed by atoms with Crippen molar-refractivity contribution in [2.75, 3.05) is 13.6 Å². The number of carbonyl (C=O) groups excluding carboxylic acids is 1.